The number of benzene rings is 2. The van der Waals surface area contributed by atoms with Gasteiger partial charge in [0.25, 0.3) is 0 Å². The summed E-state index contributed by atoms with van der Waals surface area (Å²) in [5, 5.41) is 0. The fraction of sp³-hybridized carbons (Fsp3) is 0.320. The summed E-state index contributed by atoms with van der Waals surface area (Å²) in [7, 11) is 0. The first kappa shape index (κ1) is 20.1. The second-order valence-corrected chi connectivity index (χ2v) is 8.30. The lowest BCUT2D eigenvalue weighted by atomic mass is 9.64. The van der Waals surface area contributed by atoms with Crippen LogP contribution in [0.3, 0.4) is 0 Å². The molecule has 0 aliphatic heterocycles. The minimum Gasteiger partial charge on any atom is -0.369 e. The van der Waals surface area contributed by atoms with Crippen LogP contribution in [0.15, 0.2) is 79.4 Å². The number of carbonyl (C=O) groups excluding carboxylic acids is 2. The zero-order chi connectivity index (χ0) is 21.1. The normalized spacial score (nSPS) is 19.0. The average molecular weight is 403 g/mol. The maximum Gasteiger partial charge on any atom is 0.244 e. The molecule has 1 saturated carbocycles. The highest BCUT2D eigenvalue weighted by Gasteiger charge is 2.50. The van der Waals surface area contributed by atoms with Crippen LogP contribution in [0, 0.1) is 5.92 Å². The molecule has 5 nitrogen and oxygen atoms in total. The highest BCUT2D eigenvalue weighted by atomic mass is 16.1. The number of Topliss-reactive ketones (excluding diaryl/α,β-unsaturated/α-hetero) is 1. The molecular formula is C25H28N3O2+. The van der Waals surface area contributed by atoms with Crippen molar-refractivity contribution in [1.82, 2.24) is 4.57 Å². The third kappa shape index (κ3) is 3.56. The number of nitrogens with two attached hydrogens (primary N) is 1. The van der Waals surface area contributed by atoms with Gasteiger partial charge in [-0.05, 0) is 43.2 Å². The van der Waals surface area contributed by atoms with Crippen LogP contribution in [0.4, 0.5) is 0 Å². The van der Waals surface area contributed by atoms with Crippen LogP contribution in [0.5, 0.6) is 0 Å². The Morgan fingerprint density at radius 1 is 1.03 bits per heavy atom. The number of rotatable bonds is 7. The van der Waals surface area contributed by atoms with Crippen LogP contribution in [0.2, 0.25) is 0 Å². The maximum atomic E-state index is 13.2. The van der Waals surface area contributed by atoms with Gasteiger partial charge >= 0.3 is 0 Å². The van der Waals surface area contributed by atoms with Gasteiger partial charge in [-0.3, -0.25) is 9.59 Å². The van der Waals surface area contributed by atoms with E-state index in [1.165, 1.54) is 0 Å². The van der Waals surface area contributed by atoms with Crippen molar-refractivity contribution >= 4 is 11.7 Å². The summed E-state index contributed by atoms with van der Waals surface area (Å²) in [6.07, 6.45) is 8.67. The molecule has 154 valence electrons. The molecule has 5 heteroatoms. The molecule has 1 heterocycles. The van der Waals surface area contributed by atoms with Crippen molar-refractivity contribution in [3.8, 4) is 0 Å². The topological polar surface area (TPSA) is 69.0 Å². The Labute approximate surface area is 177 Å². The van der Waals surface area contributed by atoms with E-state index in [2.05, 4.69) is 4.57 Å². The summed E-state index contributed by atoms with van der Waals surface area (Å²) >= 11 is 0. The standard InChI is InChI=1S/C25H27N3O2/c1-19(29)17-27-14-15-28(18-27)23-13-12-22(16-23)25(24(26)30,20-8-4-2-5-9-20)21-10-6-3-7-11-21/h2-11,14-15,18,22-23H,12-13,16-17H2,1H3,(H-,26,30)/p+1/t22-,23-/m1/s1. The van der Waals surface area contributed by atoms with Crippen LogP contribution in [-0.4, -0.2) is 16.3 Å². The smallest absolute Gasteiger partial charge is 0.244 e. The molecule has 2 N–H and O–H groups in total. The second kappa shape index (κ2) is 8.27. The van der Waals surface area contributed by atoms with E-state index >= 15 is 0 Å². The van der Waals surface area contributed by atoms with Gasteiger partial charge in [-0.1, -0.05) is 60.7 Å². The van der Waals surface area contributed by atoms with Gasteiger partial charge in [0.2, 0.25) is 12.2 Å². The van der Waals surface area contributed by atoms with E-state index < -0.39 is 5.41 Å². The van der Waals surface area contributed by atoms with Crippen LogP contribution in [0.25, 0.3) is 0 Å². The Hall–Kier alpha value is -3.21. The number of carbonyl (C=O) groups is 2. The lowest BCUT2D eigenvalue weighted by molar-refractivity contribution is -0.683. The van der Waals surface area contributed by atoms with Crippen molar-refractivity contribution in [3.63, 3.8) is 0 Å². The van der Waals surface area contributed by atoms with Crippen LogP contribution >= 0.6 is 0 Å². The predicted octanol–water partition coefficient (Wildman–Crippen LogP) is 3.18. The Morgan fingerprint density at radius 3 is 2.17 bits per heavy atom. The van der Waals surface area contributed by atoms with Gasteiger partial charge < -0.3 is 5.73 Å². The third-order valence-electron chi connectivity index (χ3n) is 6.40. The Balaban J connectivity index is 1.71. The summed E-state index contributed by atoms with van der Waals surface area (Å²) in [5.74, 6) is -0.0823. The lowest BCUT2D eigenvalue weighted by Gasteiger charge is -2.37. The molecule has 0 spiro atoms. The first-order valence-electron chi connectivity index (χ1n) is 10.5. The number of amides is 1. The minimum absolute atomic E-state index is 0.0912. The van der Waals surface area contributed by atoms with Crippen molar-refractivity contribution in [3.05, 3.63) is 90.5 Å². The van der Waals surface area contributed by atoms with Gasteiger partial charge in [-0.15, -0.1) is 0 Å². The van der Waals surface area contributed by atoms with Crippen molar-refractivity contribution in [2.24, 2.45) is 11.7 Å². The van der Waals surface area contributed by atoms with Crippen molar-refractivity contribution in [1.29, 1.82) is 0 Å². The number of ketones is 1. The van der Waals surface area contributed by atoms with E-state index in [-0.39, 0.29) is 23.7 Å². The molecule has 0 radical (unpaired) electrons. The molecule has 0 unspecified atom stereocenters. The quantitative estimate of drug-likeness (QED) is 0.617. The molecule has 0 saturated heterocycles. The number of nitrogens with zero attached hydrogens (tertiary/aromatic N) is 2. The molecule has 30 heavy (non-hydrogen) atoms. The molecule has 1 aliphatic rings. The third-order valence-corrected chi connectivity index (χ3v) is 6.40. The van der Waals surface area contributed by atoms with E-state index in [1.807, 2.05) is 84.0 Å². The van der Waals surface area contributed by atoms with Crippen LogP contribution in [0.1, 0.15) is 43.4 Å². The highest BCUT2D eigenvalue weighted by Crippen LogP contribution is 2.49. The number of primary amides is 1. The minimum atomic E-state index is -0.861. The zero-order valence-corrected chi connectivity index (χ0v) is 17.3. The fourth-order valence-corrected chi connectivity index (χ4v) is 5.13. The molecule has 1 fully saturated rings. The lowest BCUT2D eigenvalue weighted by Crippen LogP contribution is -2.47. The molecule has 2 aromatic carbocycles. The number of hydrogen-bond acceptors (Lipinski definition) is 2. The van der Waals surface area contributed by atoms with Crippen molar-refractivity contribution in [2.45, 2.75) is 44.2 Å². The van der Waals surface area contributed by atoms with Crippen molar-refractivity contribution in [2.75, 3.05) is 0 Å². The number of aromatic nitrogens is 2. The van der Waals surface area contributed by atoms with Gasteiger partial charge in [0.1, 0.15) is 30.4 Å². The predicted molar refractivity (Wildman–Crippen MR) is 115 cm³/mol. The van der Waals surface area contributed by atoms with Gasteiger partial charge in [0, 0.05) is 0 Å². The summed E-state index contributed by atoms with van der Waals surface area (Å²) < 4.78 is 4.08. The molecule has 0 bridgehead atoms. The number of imidazole rings is 1. The summed E-state index contributed by atoms with van der Waals surface area (Å²) in [4.78, 5) is 24.6. The Morgan fingerprint density at radius 2 is 1.63 bits per heavy atom. The summed E-state index contributed by atoms with van der Waals surface area (Å²) in [6, 6.07) is 20.1. The van der Waals surface area contributed by atoms with E-state index in [0.717, 1.165) is 30.4 Å². The monoisotopic (exact) mass is 402 g/mol. The first-order chi connectivity index (χ1) is 14.5. The molecular weight excluding hydrogens is 374 g/mol. The first-order valence-corrected chi connectivity index (χ1v) is 10.5. The molecule has 2 atom stereocenters. The fourth-order valence-electron chi connectivity index (χ4n) is 5.13. The highest BCUT2D eigenvalue weighted by molar-refractivity contribution is 5.91. The number of hydrogen-bond donors (Lipinski definition) is 1. The van der Waals surface area contributed by atoms with Gasteiger partial charge in [-0.25, -0.2) is 9.13 Å². The summed E-state index contributed by atoms with van der Waals surface area (Å²) in [5.41, 5.74) is 7.21. The van der Waals surface area contributed by atoms with Crippen LogP contribution < -0.4 is 10.3 Å². The average Bonchev–Trinajstić information content (AvgIpc) is 3.40. The molecule has 1 amide bonds. The van der Waals surface area contributed by atoms with Gasteiger partial charge in [0.15, 0.2) is 5.78 Å². The molecule has 1 aliphatic carbocycles. The second-order valence-electron chi connectivity index (χ2n) is 8.30. The molecule has 4 rings (SSSR count). The largest absolute Gasteiger partial charge is 0.369 e. The Kier molecular flexibility index (Phi) is 5.53. The maximum absolute atomic E-state index is 13.2. The molecule has 1 aromatic heterocycles. The molecule has 3 aromatic rings. The van der Waals surface area contributed by atoms with E-state index in [1.54, 1.807) is 6.92 Å². The Bertz CT molecular complexity index is 987. The van der Waals surface area contributed by atoms with Crippen LogP contribution in [-0.2, 0) is 21.5 Å². The van der Waals surface area contributed by atoms with E-state index in [9.17, 15) is 9.59 Å². The van der Waals surface area contributed by atoms with Crippen molar-refractivity contribution < 1.29 is 14.2 Å². The van der Waals surface area contributed by atoms with E-state index in [4.69, 9.17) is 5.73 Å². The SMILES string of the molecule is CC(=O)C[n+]1ccn([C@@H]2CC[C@@H](C(C(N)=O)(c3ccccc3)c3ccccc3)C2)c1. The van der Waals surface area contributed by atoms with Gasteiger partial charge in [0.05, 0.1) is 0 Å². The zero-order valence-electron chi connectivity index (χ0n) is 17.3. The van der Waals surface area contributed by atoms with E-state index in [0.29, 0.717) is 6.54 Å². The summed E-state index contributed by atoms with van der Waals surface area (Å²) in [6.45, 7) is 1.97. The van der Waals surface area contributed by atoms with Gasteiger partial charge in [-0.2, -0.15) is 0 Å².